The zero-order valence-electron chi connectivity index (χ0n) is 15.1. The van der Waals surface area contributed by atoms with Gasteiger partial charge in [-0.1, -0.05) is 41.6 Å². The maximum Gasteiger partial charge on any atom is 0.227 e. The molecule has 2 aromatic carbocycles. The molecule has 1 heterocycles. The SMILES string of the molecule is COc1ccc([C@@H](C)NC(=O)CCc2nc(-c3ccccc3)no2)cc1F. The fraction of sp³-hybridized carbons (Fsp3) is 0.250. The fourth-order valence-electron chi connectivity index (χ4n) is 2.63. The predicted molar refractivity (Wildman–Crippen MR) is 97.6 cm³/mol. The number of amides is 1. The van der Waals surface area contributed by atoms with Gasteiger partial charge in [-0.2, -0.15) is 4.98 Å². The first kappa shape index (κ1) is 18.6. The number of ether oxygens (including phenoxy) is 1. The summed E-state index contributed by atoms with van der Waals surface area (Å²) in [5.74, 6) is 0.414. The number of halogens is 1. The van der Waals surface area contributed by atoms with Crippen LogP contribution in [0.1, 0.15) is 30.8 Å². The van der Waals surface area contributed by atoms with Crippen LogP contribution in [0.2, 0.25) is 0 Å². The maximum atomic E-state index is 13.8. The number of aryl methyl sites for hydroxylation is 1. The molecule has 0 aliphatic rings. The van der Waals surface area contributed by atoms with Crippen molar-refractivity contribution in [2.45, 2.75) is 25.8 Å². The summed E-state index contributed by atoms with van der Waals surface area (Å²) in [6, 6.07) is 13.7. The predicted octanol–water partition coefficient (Wildman–Crippen LogP) is 3.69. The lowest BCUT2D eigenvalue weighted by Crippen LogP contribution is -2.26. The van der Waals surface area contributed by atoms with Crippen LogP contribution in [0, 0.1) is 5.82 Å². The van der Waals surface area contributed by atoms with Gasteiger partial charge in [-0.3, -0.25) is 4.79 Å². The summed E-state index contributed by atoms with van der Waals surface area (Å²) in [5, 5.41) is 6.76. The summed E-state index contributed by atoms with van der Waals surface area (Å²) in [4.78, 5) is 16.5. The summed E-state index contributed by atoms with van der Waals surface area (Å²) >= 11 is 0. The zero-order chi connectivity index (χ0) is 19.2. The first-order chi connectivity index (χ1) is 13.1. The number of benzene rings is 2. The number of carbonyl (C=O) groups is 1. The molecule has 0 bridgehead atoms. The average Bonchev–Trinajstić information content (AvgIpc) is 3.16. The zero-order valence-corrected chi connectivity index (χ0v) is 15.1. The minimum atomic E-state index is -0.463. The Bertz CT molecular complexity index is 912. The van der Waals surface area contributed by atoms with Crippen LogP contribution in [-0.2, 0) is 11.2 Å². The van der Waals surface area contributed by atoms with Crippen LogP contribution < -0.4 is 10.1 Å². The monoisotopic (exact) mass is 369 g/mol. The van der Waals surface area contributed by atoms with E-state index in [0.717, 1.165) is 5.56 Å². The number of aromatic nitrogens is 2. The highest BCUT2D eigenvalue weighted by atomic mass is 19.1. The molecule has 3 aromatic rings. The van der Waals surface area contributed by atoms with Gasteiger partial charge in [-0.05, 0) is 24.6 Å². The van der Waals surface area contributed by atoms with Crippen molar-refractivity contribution in [1.29, 1.82) is 0 Å². The number of nitrogens with zero attached hydrogens (tertiary/aromatic N) is 2. The van der Waals surface area contributed by atoms with Crippen molar-refractivity contribution in [2.24, 2.45) is 0 Å². The molecule has 1 N–H and O–H groups in total. The van der Waals surface area contributed by atoms with Gasteiger partial charge in [0.2, 0.25) is 17.6 Å². The van der Waals surface area contributed by atoms with Gasteiger partial charge in [0.15, 0.2) is 11.6 Å². The maximum absolute atomic E-state index is 13.8. The number of carbonyl (C=O) groups excluding carboxylic acids is 1. The Morgan fingerprint density at radius 3 is 2.74 bits per heavy atom. The summed E-state index contributed by atoms with van der Waals surface area (Å²) in [6.07, 6.45) is 0.523. The van der Waals surface area contributed by atoms with E-state index < -0.39 is 5.82 Å². The van der Waals surface area contributed by atoms with Gasteiger partial charge in [0, 0.05) is 18.4 Å². The van der Waals surface area contributed by atoms with E-state index >= 15 is 0 Å². The Labute approximate surface area is 156 Å². The molecule has 0 aliphatic carbocycles. The number of rotatable bonds is 7. The lowest BCUT2D eigenvalue weighted by Gasteiger charge is -2.15. The second-order valence-corrected chi connectivity index (χ2v) is 6.06. The lowest BCUT2D eigenvalue weighted by molar-refractivity contribution is -0.121. The third kappa shape index (κ3) is 4.69. The Hall–Kier alpha value is -3.22. The van der Waals surface area contributed by atoms with Crippen molar-refractivity contribution >= 4 is 5.91 Å². The van der Waals surface area contributed by atoms with Crippen molar-refractivity contribution in [3.8, 4) is 17.1 Å². The molecule has 27 heavy (non-hydrogen) atoms. The second-order valence-electron chi connectivity index (χ2n) is 6.06. The first-order valence-electron chi connectivity index (χ1n) is 8.57. The summed E-state index contributed by atoms with van der Waals surface area (Å²) in [7, 11) is 1.41. The van der Waals surface area contributed by atoms with Gasteiger partial charge < -0.3 is 14.6 Å². The van der Waals surface area contributed by atoms with Crippen LogP contribution in [0.3, 0.4) is 0 Å². The Morgan fingerprint density at radius 1 is 1.26 bits per heavy atom. The molecule has 1 aromatic heterocycles. The van der Waals surface area contributed by atoms with Crippen LogP contribution >= 0.6 is 0 Å². The molecular formula is C20H20FN3O3. The van der Waals surface area contributed by atoms with Crippen LogP contribution in [0.15, 0.2) is 53.1 Å². The highest BCUT2D eigenvalue weighted by Crippen LogP contribution is 2.22. The minimum Gasteiger partial charge on any atom is -0.494 e. The molecule has 1 amide bonds. The third-order valence-electron chi connectivity index (χ3n) is 4.12. The Kier molecular flexibility index (Phi) is 5.80. The smallest absolute Gasteiger partial charge is 0.227 e. The van der Waals surface area contributed by atoms with E-state index in [-0.39, 0.29) is 24.1 Å². The number of hydrogen-bond donors (Lipinski definition) is 1. The van der Waals surface area contributed by atoms with Crippen molar-refractivity contribution < 1.29 is 18.4 Å². The number of methoxy groups -OCH3 is 1. The number of nitrogens with one attached hydrogen (secondary N) is 1. The van der Waals surface area contributed by atoms with Crippen LogP contribution in [0.5, 0.6) is 5.75 Å². The first-order valence-corrected chi connectivity index (χ1v) is 8.57. The second kappa shape index (κ2) is 8.44. The number of hydrogen-bond acceptors (Lipinski definition) is 5. The molecule has 1 atom stereocenters. The van der Waals surface area contributed by atoms with E-state index in [0.29, 0.717) is 23.7 Å². The van der Waals surface area contributed by atoms with Crippen molar-refractivity contribution in [1.82, 2.24) is 15.5 Å². The Balaban J connectivity index is 1.54. The van der Waals surface area contributed by atoms with E-state index in [2.05, 4.69) is 15.5 Å². The van der Waals surface area contributed by atoms with Crippen LogP contribution in [0.4, 0.5) is 4.39 Å². The van der Waals surface area contributed by atoms with Crippen molar-refractivity contribution in [3.63, 3.8) is 0 Å². The average molecular weight is 369 g/mol. The van der Waals surface area contributed by atoms with E-state index in [1.807, 2.05) is 30.3 Å². The van der Waals surface area contributed by atoms with Gasteiger partial charge in [0.1, 0.15) is 0 Å². The summed E-state index contributed by atoms with van der Waals surface area (Å²) in [5.41, 5.74) is 1.51. The van der Waals surface area contributed by atoms with Crippen LogP contribution in [0.25, 0.3) is 11.4 Å². The molecule has 0 spiro atoms. The quantitative estimate of drug-likeness (QED) is 0.687. The van der Waals surface area contributed by atoms with Gasteiger partial charge >= 0.3 is 0 Å². The molecule has 0 radical (unpaired) electrons. The van der Waals surface area contributed by atoms with Gasteiger partial charge in [0.25, 0.3) is 0 Å². The van der Waals surface area contributed by atoms with Gasteiger partial charge in [-0.25, -0.2) is 4.39 Å². The van der Waals surface area contributed by atoms with E-state index in [4.69, 9.17) is 9.26 Å². The lowest BCUT2D eigenvalue weighted by atomic mass is 10.1. The van der Waals surface area contributed by atoms with Gasteiger partial charge in [-0.15, -0.1) is 0 Å². The van der Waals surface area contributed by atoms with E-state index in [9.17, 15) is 9.18 Å². The molecule has 0 fully saturated rings. The normalized spacial score (nSPS) is 11.8. The van der Waals surface area contributed by atoms with E-state index in [1.165, 1.54) is 19.2 Å². The summed E-state index contributed by atoms with van der Waals surface area (Å²) in [6.45, 7) is 1.79. The largest absolute Gasteiger partial charge is 0.494 e. The minimum absolute atomic E-state index is 0.169. The molecule has 3 rings (SSSR count). The standard InChI is InChI=1S/C20H20FN3O3/c1-13(15-8-9-17(26-2)16(21)12-15)22-18(25)10-11-19-23-20(24-27-19)14-6-4-3-5-7-14/h3-9,12-13H,10-11H2,1-2H3,(H,22,25)/t13-/m1/s1. The Morgan fingerprint density at radius 2 is 2.04 bits per heavy atom. The highest BCUT2D eigenvalue weighted by Gasteiger charge is 2.14. The molecular weight excluding hydrogens is 349 g/mol. The topological polar surface area (TPSA) is 77.2 Å². The molecule has 7 heteroatoms. The van der Waals surface area contributed by atoms with E-state index in [1.54, 1.807) is 13.0 Å². The fourth-order valence-corrected chi connectivity index (χ4v) is 2.63. The summed E-state index contributed by atoms with van der Waals surface area (Å²) < 4.78 is 23.9. The van der Waals surface area contributed by atoms with Crippen molar-refractivity contribution in [3.05, 3.63) is 65.8 Å². The van der Waals surface area contributed by atoms with Crippen molar-refractivity contribution in [2.75, 3.05) is 7.11 Å². The molecule has 6 nitrogen and oxygen atoms in total. The molecule has 0 saturated carbocycles. The molecule has 0 saturated heterocycles. The van der Waals surface area contributed by atoms with Gasteiger partial charge in [0.05, 0.1) is 13.2 Å². The molecule has 0 unspecified atom stereocenters. The molecule has 0 aliphatic heterocycles. The highest BCUT2D eigenvalue weighted by molar-refractivity contribution is 5.76. The third-order valence-corrected chi connectivity index (χ3v) is 4.12. The van der Waals surface area contributed by atoms with Crippen LogP contribution in [-0.4, -0.2) is 23.2 Å². The molecule has 140 valence electrons.